The number of carbonyl (C=O) groups is 2. The summed E-state index contributed by atoms with van der Waals surface area (Å²) in [5.74, 6) is -0.315. The van der Waals surface area contributed by atoms with E-state index < -0.39 is 0 Å². The summed E-state index contributed by atoms with van der Waals surface area (Å²) in [4.78, 5) is 25.5. The molecule has 0 saturated carbocycles. The second-order valence-corrected chi connectivity index (χ2v) is 7.07. The number of rotatable bonds is 6. The molecule has 22 heavy (non-hydrogen) atoms. The van der Waals surface area contributed by atoms with Crippen LogP contribution in [0.4, 0.5) is 0 Å². The maximum atomic E-state index is 12.8. The number of hydrogen-bond acceptors (Lipinski definition) is 4. The van der Waals surface area contributed by atoms with Crippen molar-refractivity contribution in [2.45, 2.75) is 67.2 Å². The zero-order valence-corrected chi connectivity index (χ0v) is 15.0. The van der Waals surface area contributed by atoms with Gasteiger partial charge in [-0.2, -0.15) is 10.2 Å². The average Bonchev–Trinajstić information content (AvgIpc) is 2.43. The number of ketones is 2. The first-order chi connectivity index (χ1) is 10.1. The van der Waals surface area contributed by atoms with Crippen molar-refractivity contribution in [3.63, 3.8) is 0 Å². The molecular formula is C18H28N2O2. The van der Waals surface area contributed by atoms with Crippen LogP contribution >= 0.6 is 0 Å². The van der Waals surface area contributed by atoms with E-state index in [1.54, 1.807) is 0 Å². The van der Waals surface area contributed by atoms with Crippen LogP contribution < -0.4 is 0 Å². The van der Waals surface area contributed by atoms with E-state index in [0.29, 0.717) is 22.5 Å². The van der Waals surface area contributed by atoms with Crippen LogP contribution in [-0.2, 0) is 0 Å². The van der Waals surface area contributed by atoms with E-state index in [1.807, 2.05) is 55.4 Å². The van der Waals surface area contributed by atoms with Gasteiger partial charge in [0.2, 0.25) is 0 Å². The molecule has 0 bridgehead atoms. The van der Waals surface area contributed by atoms with Crippen molar-refractivity contribution in [1.29, 1.82) is 0 Å². The van der Waals surface area contributed by atoms with Gasteiger partial charge in [0.05, 0.1) is 22.5 Å². The van der Waals surface area contributed by atoms with Crippen molar-refractivity contribution in [1.82, 2.24) is 10.2 Å². The molecule has 0 saturated heterocycles. The van der Waals surface area contributed by atoms with Crippen molar-refractivity contribution in [2.75, 3.05) is 0 Å². The Bertz CT molecular complexity index is 522. The largest absolute Gasteiger partial charge is 0.294 e. The highest BCUT2D eigenvalue weighted by Gasteiger charge is 2.30. The summed E-state index contributed by atoms with van der Waals surface area (Å²) in [5.41, 5.74) is 2.24. The SMILES string of the molecule is CC(C)C(=O)c1c(C(C)C)nnc(C(C)C)c1C(=O)C(C)C. The first-order valence-electron chi connectivity index (χ1n) is 8.08. The van der Waals surface area contributed by atoms with Crippen molar-refractivity contribution in [3.8, 4) is 0 Å². The summed E-state index contributed by atoms with van der Waals surface area (Å²) in [6.07, 6.45) is 0. The molecule has 0 atom stereocenters. The molecule has 0 radical (unpaired) electrons. The van der Waals surface area contributed by atoms with E-state index in [-0.39, 0.29) is 35.2 Å². The topological polar surface area (TPSA) is 59.9 Å². The fraction of sp³-hybridized carbons (Fsp3) is 0.667. The summed E-state index contributed by atoms with van der Waals surface area (Å²) in [5, 5.41) is 8.56. The monoisotopic (exact) mass is 304 g/mol. The normalized spacial score (nSPS) is 11.8. The fourth-order valence-corrected chi connectivity index (χ4v) is 2.35. The Balaban J connectivity index is 3.81. The van der Waals surface area contributed by atoms with Gasteiger partial charge in [-0.1, -0.05) is 55.4 Å². The van der Waals surface area contributed by atoms with Gasteiger partial charge in [0.15, 0.2) is 11.6 Å². The standard InChI is InChI=1S/C18H28N2O2/c1-9(2)15-13(17(21)11(5)6)14(18(22)12(7)8)16(10(3)4)20-19-15/h9-12H,1-8H3. The fourth-order valence-electron chi connectivity index (χ4n) is 2.35. The Morgan fingerprint density at radius 2 is 0.909 bits per heavy atom. The van der Waals surface area contributed by atoms with Gasteiger partial charge in [0.1, 0.15) is 0 Å². The van der Waals surface area contributed by atoms with Gasteiger partial charge in [0.25, 0.3) is 0 Å². The van der Waals surface area contributed by atoms with E-state index >= 15 is 0 Å². The molecule has 4 nitrogen and oxygen atoms in total. The lowest BCUT2D eigenvalue weighted by molar-refractivity contribution is 0.0902. The second kappa shape index (κ2) is 7.12. The van der Waals surface area contributed by atoms with Crippen LogP contribution in [0.2, 0.25) is 0 Å². The minimum atomic E-state index is -0.180. The van der Waals surface area contributed by atoms with Gasteiger partial charge in [0, 0.05) is 11.8 Å². The predicted molar refractivity (Wildman–Crippen MR) is 88.5 cm³/mol. The van der Waals surface area contributed by atoms with Crippen molar-refractivity contribution in [2.24, 2.45) is 11.8 Å². The molecule has 0 aromatic carbocycles. The minimum absolute atomic E-state index is 0.0236. The Kier molecular flexibility index (Phi) is 5.98. The summed E-state index contributed by atoms with van der Waals surface area (Å²) >= 11 is 0. The van der Waals surface area contributed by atoms with Crippen LogP contribution in [0, 0.1) is 11.8 Å². The van der Waals surface area contributed by atoms with Gasteiger partial charge in [-0.3, -0.25) is 9.59 Å². The molecule has 4 heteroatoms. The van der Waals surface area contributed by atoms with Crippen LogP contribution in [0.3, 0.4) is 0 Å². The lowest BCUT2D eigenvalue weighted by Gasteiger charge is -2.20. The molecule has 1 heterocycles. The lowest BCUT2D eigenvalue weighted by Crippen LogP contribution is -2.24. The summed E-state index contributed by atoms with van der Waals surface area (Å²) in [7, 11) is 0. The third kappa shape index (κ3) is 3.60. The Hall–Kier alpha value is -1.58. The first kappa shape index (κ1) is 18.5. The minimum Gasteiger partial charge on any atom is -0.294 e. The number of Topliss-reactive ketones (excluding diaryl/α,β-unsaturated/α-hetero) is 2. The van der Waals surface area contributed by atoms with E-state index in [0.717, 1.165) is 0 Å². The zero-order valence-electron chi connectivity index (χ0n) is 15.0. The molecule has 0 fully saturated rings. The molecule has 0 N–H and O–H groups in total. The second-order valence-electron chi connectivity index (χ2n) is 7.07. The molecule has 1 aromatic heterocycles. The highest BCUT2D eigenvalue weighted by Crippen LogP contribution is 2.29. The molecule has 1 rings (SSSR count). The highest BCUT2D eigenvalue weighted by atomic mass is 16.1. The van der Waals surface area contributed by atoms with Gasteiger partial charge >= 0.3 is 0 Å². The molecule has 0 aliphatic carbocycles. The molecular weight excluding hydrogens is 276 g/mol. The number of aromatic nitrogens is 2. The van der Waals surface area contributed by atoms with Gasteiger partial charge in [-0.15, -0.1) is 0 Å². The molecule has 0 amide bonds. The Morgan fingerprint density at radius 3 is 1.09 bits per heavy atom. The van der Waals surface area contributed by atoms with Crippen LogP contribution in [0.5, 0.6) is 0 Å². The molecule has 1 aromatic rings. The van der Waals surface area contributed by atoms with Crippen molar-refractivity contribution in [3.05, 3.63) is 22.5 Å². The van der Waals surface area contributed by atoms with E-state index in [9.17, 15) is 9.59 Å². The Morgan fingerprint density at radius 1 is 0.636 bits per heavy atom. The van der Waals surface area contributed by atoms with Crippen LogP contribution in [0.1, 0.15) is 99.3 Å². The van der Waals surface area contributed by atoms with Crippen LogP contribution in [0.25, 0.3) is 0 Å². The smallest absolute Gasteiger partial charge is 0.168 e. The van der Waals surface area contributed by atoms with E-state index in [4.69, 9.17) is 0 Å². The van der Waals surface area contributed by atoms with Crippen molar-refractivity contribution >= 4 is 11.6 Å². The molecule has 122 valence electrons. The maximum Gasteiger partial charge on any atom is 0.168 e. The van der Waals surface area contributed by atoms with Crippen LogP contribution in [-0.4, -0.2) is 21.8 Å². The number of nitrogens with zero attached hydrogens (tertiary/aromatic N) is 2. The van der Waals surface area contributed by atoms with Crippen LogP contribution in [0.15, 0.2) is 0 Å². The van der Waals surface area contributed by atoms with Gasteiger partial charge < -0.3 is 0 Å². The Labute approximate surface area is 133 Å². The average molecular weight is 304 g/mol. The van der Waals surface area contributed by atoms with Crippen molar-refractivity contribution < 1.29 is 9.59 Å². The predicted octanol–water partition coefficient (Wildman–Crippen LogP) is 4.40. The summed E-state index contributed by atoms with van der Waals surface area (Å²) < 4.78 is 0. The highest BCUT2D eigenvalue weighted by molar-refractivity contribution is 6.11. The third-order valence-corrected chi connectivity index (χ3v) is 3.66. The summed E-state index contributed by atoms with van der Waals surface area (Å²) in [6, 6.07) is 0. The quantitative estimate of drug-likeness (QED) is 0.731. The van der Waals surface area contributed by atoms with E-state index in [1.165, 1.54) is 0 Å². The van der Waals surface area contributed by atoms with Gasteiger partial charge in [-0.05, 0) is 11.8 Å². The third-order valence-electron chi connectivity index (χ3n) is 3.66. The molecule has 0 spiro atoms. The molecule has 0 aliphatic heterocycles. The molecule has 0 unspecified atom stereocenters. The van der Waals surface area contributed by atoms with Gasteiger partial charge in [-0.25, -0.2) is 0 Å². The number of hydrogen-bond donors (Lipinski definition) is 0. The maximum absolute atomic E-state index is 12.8. The first-order valence-corrected chi connectivity index (χ1v) is 8.08. The molecule has 0 aliphatic rings. The van der Waals surface area contributed by atoms with E-state index in [2.05, 4.69) is 10.2 Å². The number of carbonyl (C=O) groups excluding carboxylic acids is 2. The zero-order chi connectivity index (χ0) is 17.2. The lowest BCUT2D eigenvalue weighted by atomic mass is 9.84. The summed E-state index contributed by atoms with van der Waals surface area (Å²) in [6.45, 7) is 15.3.